The van der Waals surface area contributed by atoms with Crippen LogP contribution < -0.4 is 0 Å². The molecule has 3 heterocycles. The molecule has 6 nitrogen and oxygen atoms in total. The summed E-state index contributed by atoms with van der Waals surface area (Å²) in [7, 11) is 0. The minimum Gasteiger partial charge on any atom is -0.362 e. The van der Waals surface area contributed by atoms with Gasteiger partial charge in [0.1, 0.15) is 6.10 Å². The number of piperidine rings is 1. The molecule has 2 aliphatic heterocycles. The Morgan fingerprint density at radius 2 is 2.00 bits per heavy atom. The summed E-state index contributed by atoms with van der Waals surface area (Å²) in [4.78, 5) is 18.8. The quantitative estimate of drug-likeness (QED) is 0.838. The molecular weight excluding hydrogens is 294 g/mol. The molecule has 0 radical (unpaired) electrons. The Morgan fingerprint density at radius 3 is 2.61 bits per heavy atom. The van der Waals surface area contributed by atoms with E-state index in [9.17, 15) is 4.79 Å². The van der Waals surface area contributed by atoms with Crippen LogP contribution in [-0.2, 0) is 9.53 Å². The molecule has 0 aromatic carbocycles. The highest BCUT2D eigenvalue weighted by molar-refractivity contribution is 5.79. The number of carbonyl (C=O) groups excluding carboxylic acids is 1. The van der Waals surface area contributed by atoms with Crippen molar-refractivity contribution in [2.75, 3.05) is 13.1 Å². The molecule has 4 rings (SSSR count). The van der Waals surface area contributed by atoms with Crippen LogP contribution in [0.1, 0.15) is 63.3 Å². The van der Waals surface area contributed by atoms with Crippen molar-refractivity contribution in [3.05, 3.63) is 11.7 Å². The lowest BCUT2D eigenvalue weighted by atomic mass is 9.75. The molecule has 2 saturated heterocycles. The first-order valence-electron chi connectivity index (χ1n) is 8.81. The molecular formula is C17H25N3O3. The lowest BCUT2D eigenvalue weighted by Crippen LogP contribution is -2.49. The molecule has 0 bridgehead atoms. The number of nitrogens with zero attached hydrogens (tertiary/aromatic N) is 3. The van der Waals surface area contributed by atoms with Gasteiger partial charge in [0, 0.05) is 19.0 Å². The first kappa shape index (κ1) is 15.1. The minimum atomic E-state index is -0.100. The molecule has 0 N–H and O–H groups in total. The normalized spacial score (nSPS) is 33.0. The van der Waals surface area contributed by atoms with Crippen molar-refractivity contribution in [1.29, 1.82) is 0 Å². The van der Waals surface area contributed by atoms with Gasteiger partial charge in [0.05, 0.1) is 5.60 Å². The zero-order chi connectivity index (χ0) is 16.0. The average molecular weight is 319 g/mol. The predicted molar refractivity (Wildman–Crippen MR) is 82.5 cm³/mol. The second-order valence-corrected chi connectivity index (χ2v) is 7.61. The summed E-state index contributed by atoms with van der Waals surface area (Å²) in [5.41, 5.74) is -0.100. The van der Waals surface area contributed by atoms with E-state index < -0.39 is 0 Å². The molecule has 1 spiro atoms. The lowest BCUT2D eigenvalue weighted by Gasteiger charge is -2.42. The van der Waals surface area contributed by atoms with E-state index in [1.54, 1.807) is 0 Å². The van der Waals surface area contributed by atoms with Crippen molar-refractivity contribution in [2.24, 2.45) is 11.8 Å². The maximum absolute atomic E-state index is 12.5. The summed E-state index contributed by atoms with van der Waals surface area (Å²) in [6.07, 6.45) is 5.84. The van der Waals surface area contributed by atoms with E-state index in [4.69, 9.17) is 9.26 Å². The van der Waals surface area contributed by atoms with Crippen molar-refractivity contribution in [1.82, 2.24) is 15.0 Å². The molecule has 1 unspecified atom stereocenters. The number of likely N-dealkylation sites (tertiary alicyclic amines) is 1. The number of rotatable bonds is 2. The van der Waals surface area contributed by atoms with Crippen molar-refractivity contribution >= 4 is 5.91 Å². The Balaban J connectivity index is 1.33. The summed E-state index contributed by atoms with van der Waals surface area (Å²) in [5.74, 6) is 2.61. The van der Waals surface area contributed by atoms with E-state index in [1.807, 2.05) is 6.92 Å². The molecule has 1 amide bonds. The fourth-order valence-electron chi connectivity index (χ4n) is 4.30. The summed E-state index contributed by atoms with van der Waals surface area (Å²) < 4.78 is 11.6. The second-order valence-electron chi connectivity index (χ2n) is 7.61. The van der Waals surface area contributed by atoms with E-state index in [-0.39, 0.29) is 17.6 Å². The Kier molecular flexibility index (Phi) is 3.67. The highest BCUT2D eigenvalue weighted by Gasteiger charge is 2.46. The summed E-state index contributed by atoms with van der Waals surface area (Å²) in [5, 5.41) is 3.85. The first-order chi connectivity index (χ1) is 11.0. The summed E-state index contributed by atoms with van der Waals surface area (Å²) in [6, 6.07) is 0. The Hall–Kier alpha value is -1.43. The topological polar surface area (TPSA) is 68.5 Å². The van der Waals surface area contributed by atoms with Crippen molar-refractivity contribution < 1.29 is 14.1 Å². The number of aromatic nitrogens is 2. The van der Waals surface area contributed by atoms with Crippen LogP contribution in [0.25, 0.3) is 0 Å². The Labute approximate surface area is 136 Å². The van der Waals surface area contributed by atoms with Crippen LogP contribution in [0.2, 0.25) is 0 Å². The van der Waals surface area contributed by atoms with Gasteiger partial charge < -0.3 is 14.2 Å². The van der Waals surface area contributed by atoms with Gasteiger partial charge in [0.15, 0.2) is 5.82 Å². The number of ether oxygens (including phenoxy) is 1. The third kappa shape index (κ3) is 2.77. The molecule has 1 aliphatic carbocycles. The van der Waals surface area contributed by atoms with E-state index in [2.05, 4.69) is 22.0 Å². The molecule has 1 aromatic rings. The van der Waals surface area contributed by atoms with Gasteiger partial charge >= 0.3 is 0 Å². The zero-order valence-corrected chi connectivity index (χ0v) is 14.0. The highest BCUT2D eigenvalue weighted by Crippen LogP contribution is 2.45. The molecule has 1 atom stereocenters. The van der Waals surface area contributed by atoms with Gasteiger partial charge in [-0.3, -0.25) is 4.79 Å². The third-order valence-electron chi connectivity index (χ3n) is 5.78. The molecule has 126 valence electrons. The zero-order valence-electron chi connectivity index (χ0n) is 14.0. The van der Waals surface area contributed by atoms with Crippen molar-refractivity contribution in [3.8, 4) is 0 Å². The van der Waals surface area contributed by atoms with Crippen molar-refractivity contribution in [3.63, 3.8) is 0 Å². The van der Waals surface area contributed by atoms with Gasteiger partial charge in [-0.15, -0.1) is 0 Å². The fourth-order valence-corrected chi connectivity index (χ4v) is 4.30. The van der Waals surface area contributed by atoms with Gasteiger partial charge in [-0.1, -0.05) is 12.1 Å². The number of amides is 1. The monoisotopic (exact) mass is 319 g/mol. The van der Waals surface area contributed by atoms with Crippen LogP contribution in [0.5, 0.6) is 0 Å². The maximum atomic E-state index is 12.5. The lowest BCUT2D eigenvalue weighted by molar-refractivity contribution is -0.146. The van der Waals surface area contributed by atoms with Gasteiger partial charge in [-0.2, -0.15) is 4.98 Å². The number of aryl methyl sites for hydroxylation is 1. The van der Waals surface area contributed by atoms with Crippen LogP contribution in [0.4, 0.5) is 0 Å². The van der Waals surface area contributed by atoms with Gasteiger partial charge in [-0.25, -0.2) is 0 Å². The van der Waals surface area contributed by atoms with Crippen LogP contribution in [-0.4, -0.2) is 39.6 Å². The van der Waals surface area contributed by atoms with E-state index in [0.717, 1.165) is 57.5 Å². The highest BCUT2D eigenvalue weighted by atomic mass is 16.5. The first-order valence-corrected chi connectivity index (χ1v) is 8.81. The maximum Gasteiger partial charge on any atom is 0.255 e. The van der Waals surface area contributed by atoms with Crippen LogP contribution >= 0.6 is 0 Å². The smallest absolute Gasteiger partial charge is 0.255 e. The average Bonchev–Trinajstić information content (AvgIpc) is 3.11. The third-order valence-corrected chi connectivity index (χ3v) is 5.78. The van der Waals surface area contributed by atoms with Gasteiger partial charge in [0.25, 0.3) is 5.89 Å². The molecule has 3 fully saturated rings. The molecule has 1 aromatic heterocycles. The van der Waals surface area contributed by atoms with E-state index >= 15 is 0 Å². The molecule has 3 aliphatic rings. The summed E-state index contributed by atoms with van der Waals surface area (Å²) >= 11 is 0. The molecule has 1 saturated carbocycles. The Bertz CT molecular complexity index is 586. The number of hydrogen-bond donors (Lipinski definition) is 0. The van der Waals surface area contributed by atoms with E-state index in [0.29, 0.717) is 17.6 Å². The van der Waals surface area contributed by atoms with Crippen LogP contribution in [0.15, 0.2) is 4.52 Å². The fraction of sp³-hybridized carbons (Fsp3) is 0.824. The summed E-state index contributed by atoms with van der Waals surface area (Å²) in [6.45, 7) is 5.68. The van der Waals surface area contributed by atoms with Crippen LogP contribution in [0, 0.1) is 18.8 Å². The largest absolute Gasteiger partial charge is 0.362 e. The van der Waals surface area contributed by atoms with Gasteiger partial charge in [-0.05, 0) is 51.4 Å². The number of carbonyl (C=O) groups is 1. The van der Waals surface area contributed by atoms with Crippen molar-refractivity contribution in [2.45, 2.75) is 64.1 Å². The minimum absolute atomic E-state index is 0.0778. The Morgan fingerprint density at radius 1 is 1.26 bits per heavy atom. The SMILES string of the molecule is Cc1noc(C2CCC3(CCN(C(=O)C4CC(C)C4)CC3)O2)n1. The predicted octanol–water partition coefficient (Wildman–Crippen LogP) is 2.64. The standard InChI is InChI=1S/C17H25N3O3/c1-11-9-13(10-11)16(21)20-7-5-17(6-8-20)4-3-14(22-17)15-18-12(2)19-23-15/h11,13-14H,3-10H2,1-2H3. The van der Waals surface area contributed by atoms with Gasteiger partial charge in [0.2, 0.25) is 5.91 Å². The number of hydrogen-bond acceptors (Lipinski definition) is 5. The second kappa shape index (κ2) is 5.58. The van der Waals surface area contributed by atoms with E-state index in [1.165, 1.54) is 0 Å². The molecule has 6 heteroatoms. The van der Waals surface area contributed by atoms with Crippen LogP contribution in [0.3, 0.4) is 0 Å². The molecule has 23 heavy (non-hydrogen) atoms.